The summed E-state index contributed by atoms with van der Waals surface area (Å²) in [5, 5.41) is 1.21. The number of hydrogen-bond donors (Lipinski definition) is 0. The Bertz CT molecular complexity index is 927. The fourth-order valence-electron chi connectivity index (χ4n) is 3.18. The molecule has 0 saturated carbocycles. The largest absolute Gasteiger partial charge is 0.495 e. The zero-order chi connectivity index (χ0) is 19.6. The van der Waals surface area contributed by atoms with Crippen LogP contribution in [0.2, 0.25) is 10.0 Å². The molecule has 2 aromatic rings. The van der Waals surface area contributed by atoms with Crippen LogP contribution in [0.4, 0.5) is 5.69 Å². The molecule has 2 aromatic carbocycles. The van der Waals surface area contributed by atoms with Crippen LogP contribution in [0.15, 0.2) is 41.3 Å². The third kappa shape index (κ3) is 4.19. The molecule has 0 N–H and O–H groups in total. The van der Waals surface area contributed by atoms with Crippen LogP contribution in [0, 0.1) is 0 Å². The maximum atomic E-state index is 13.2. The third-order valence-corrected chi connectivity index (χ3v) is 7.22. The average molecular weight is 429 g/mol. The molecule has 1 fully saturated rings. The van der Waals surface area contributed by atoms with E-state index in [0.717, 1.165) is 17.7 Å². The highest BCUT2D eigenvalue weighted by Gasteiger charge is 2.31. The van der Waals surface area contributed by atoms with Gasteiger partial charge in [0.1, 0.15) is 10.6 Å². The van der Waals surface area contributed by atoms with Gasteiger partial charge in [0.2, 0.25) is 10.0 Å². The number of hydrogen-bond acceptors (Lipinski definition) is 4. The van der Waals surface area contributed by atoms with E-state index in [1.54, 1.807) is 24.3 Å². The predicted octanol–water partition coefficient (Wildman–Crippen LogP) is 4.08. The van der Waals surface area contributed by atoms with Crippen molar-refractivity contribution in [1.82, 2.24) is 4.31 Å². The number of ether oxygens (including phenoxy) is 1. The summed E-state index contributed by atoms with van der Waals surface area (Å²) in [5.74, 6) is 0.368. The van der Waals surface area contributed by atoms with Crippen molar-refractivity contribution >= 4 is 38.9 Å². The minimum atomic E-state index is -3.64. The normalized spacial score (nSPS) is 15.8. The van der Waals surface area contributed by atoms with Gasteiger partial charge in [-0.05, 0) is 42.3 Å². The standard InChI is InChI=1S/C19H22Cl2N2O3S/c1-3-14-4-7-18(26-2)19(12-14)27(24,25)23-10-8-22(9-11-23)17-13-15(20)5-6-16(17)21/h4-7,12-13H,3,8-11H2,1-2H3. The van der Waals surface area contributed by atoms with Crippen molar-refractivity contribution in [3.8, 4) is 5.75 Å². The number of piperazine rings is 1. The molecule has 0 aromatic heterocycles. The molecule has 0 amide bonds. The summed E-state index contributed by atoms with van der Waals surface area (Å²) in [5.41, 5.74) is 1.78. The van der Waals surface area contributed by atoms with Crippen molar-refractivity contribution in [2.24, 2.45) is 0 Å². The lowest BCUT2D eigenvalue weighted by Crippen LogP contribution is -2.48. The van der Waals surface area contributed by atoms with Gasteiger partial charge in [0.15, 0.2) is 0 Å². The zero-order valence-electron chi connectivity index (χ0n) is 15.3. The van der Waals surface area contributed by atoms with E-state index in [1.807, 2.05) is 19.1 Å². The average Bonchev–Trinajstić information content (AvgIpc) is 2.69. The molecular formula is C19H22Cl2N2O3S. The molecule has 0 unspecified atom stereocenters. The number of anilines is 1. The lowest BCUT2D eigenvalue weighted by molar-refractivity contribution is 0.374. The second kappa shape index (κ2) is 8.27. The Morgan fingerprint density at radius 2 is 1.74 bits per heavy atom. The molecule has 1 heterocycles. The van der Waals surface area contributed by atoms with Crippen molar-refractivity contribution in [1.29, 1.82) is 0 Å². The number of nitrogens with zero attached hydrogens (tertiary/aromatic N) is 2. The zero-order valence-corrected chi connectivity index (χ0v) is 17.6. The summed E-state index contributed by atoms with van der Waals surface area (Å²) < 4.78 is 33.2. The number of benzene rings is 2. The Kier molecular flexibility index (Phi) is 6.21. The SMILES string of the molecule is CCc1ccc(OC)c(S(=O)(=O)N2CCN(c3cc(Cl)ccc3Cl)CC2)c1. The Morgan fingerprint density at radius 3 is 2.37 bits per heavy atom. The number of halogens is 2. The first-order chi connectivity index (χ1) is 12.9. The Morgan fingerprint density at radius 1 is 1.04 bits per heavy atom. The quantitative estimate of drug-likeness (QED) is 0.719. The highest BCUT2D eigenvalue weighted by Crippen LogP contribution is 2.32. The second-order valence-corrected chi connectivity index (χ2v) is 9.08. The highest BCUT2D eigenvalue weighted by atomic mass is 35.5. The Balaban J connectivity index is 1.82. The summed E-state index contributed by atoms with van der Waals surface area (Å²) in [6.45, 7) is 3.80. The van der Waals surface area contributed by atoms with E-state index in [1.165, 1.54) is 11.4 Å². The minimum Gasteiger partial charge on any atom is -0.495 e. The first-order valence-electron chi connectivity index (χ1n) is 8.74. The summed E-state index contributed by atoms with van der Waals surface area (Å²) in [6.07, 6.45) is 0.757. The molecule has 8 heteroatoms. The molecule has 0 aliphatic carbocycles. The van der Waals surface area contributed by atoms with Crippen molar-refractivity contribution in [2.45, 2.75) is 18.2 Å². The van der Waals surface area contributed by atoms with Crippen molar-refractivity contribution in [2.75, 3.05) is 38.2 Å². The van der Waals surface area contributed by atoms with Crippen LogP contribution in [-0.4, -0.2) is 46.0 Å². The van der Waals surface area contributed by atoms with Gasteiger partial charge in [0.25, 0.3) is 0 Å². The first-order valence-corrected chi connectivity index (χ1v) is 10.9. The molecule has 5 nitrogen and oxygen atoms in total. The molecule has 0 radical (unpaired) electrons. The molecule has 3 rings (SSSR count). The topological polar surface area (TPSA) is 49.9 Å². The minimum absolute atomic E-state index is 0.221. The van der Waals surface area contributed by atoms with Crippen molar-refractivity contribution in [3.05, 3.63) is 52.0 Å². The Labute approximate surface area is 170 Å². The second-order valence-electron chi connectivity index (χ2n) is 6.33. The highest BCUT2D eigenvalue weighted by molar-refractivity contribution is 7.89. The van der Waals surface area contributed by atoms with Crippen LogP contribution in [0.3, 0.4) is 0 Å². The first kappa shape index (κ1) is 20.3. The van der Waals surface area contributed by atoms with E-state index in [2.05, 4.69) is 4.90 Å². The van der Waals surface area contributed by atoms with Gasteiger partial charge in [-0.2, -0.15) is 4.31 Å². The van der Waals surface area contributed by atoms with E-state index in [-0.39, 0.29) is 4.90 Å². The summed E-state index contributed by atoms with van der Waals surface area (Å²) in [6, 6.07) is 10.6. The van der Waals surface area contributed by atoms with E-state index in [9.17, 15) is 8.42 Å². The maximum absolute atomic E-state index is 13.2. The van der Waals surface area contributed by atoms with Gasteiger partial charge in [0.05, 0.1) is 17.8 Å². The van der Waals surface area contributed by atoms with Crippen LogP contribution < -0.4 is 9.64 Å². The van der Waals surface area contributed by atoms with Crippen molar-refractivity contribution in [3.63, 3.8) is 0 Å². The molecule has 1 aliphatic rings. The number of sulfonamides is 1. The van der Waals surface area contributed by atoms with Crippen LogP contribution in [0.25, 0.3) is 0 Å². The van der Waals surface area contributed by atoms with Gasteiger partial charge in [-0.3, -0.25) is 0 Å². The van der Waals surface area contributed by atoms with Crippen molar-refractivity contribution < 1.29 is 13.2 Å². The summed E-state index contributed by atoms with van der Waals surface area (Å²) in [4.78, 5) is 2.28. The van der Waals surface area contributed by atoms with E-state index < -0.39 is 10.0 Å². The fourth-order valence-corrected chi connectivity index (χ4v) is 5.21. The predicted molar refractivity (Wildman–Crippen MR) is 110 cm³/mol. The lowest BCUT2D eigenvalue weighted by Gasteiger charge is -2.36. The molecule has 1 aliphatic heterocycles. The molecule has 0 spiro atoms. The summed E-state index contributed by atoms with van der Waals surface area (Å²) in [7, 11) is -2.15. The molecule has 0 atom stereocenters. The van der Waals surface area contributed by atoms with Gasteiger partial charge < -0.3 is 9.64 Å². The van der Waals surface area contributed by atoms with Crippen LogP contribution in [0.1, 0.15) is 12.5 Å². The van der Waals surface area contributed by atoms with E-state index >= 15 is 0 Å². The van der Waals surface area contributed by atoms with Gasteiger partial charge in [0, 0.05) is 31.2 Å². The van der Waals surface area contributed by atoms with Gasteiger partial charge in [-0.15, -0.1) is 0 Å². The smallest absolute Gasteiger partial charge is 0.246 e. The Hall–Kier alpha value is -1.47. The van der Waals surface area contributed by atoms with E-state index in [4.69, 9.17) is 27.9 Å². The molecule has 27 heavy (non-hydrogen) atoms. The van der Waals surface area contributed by atoms with Crippen LogP contribution in [-0.2, 0) is 16.4 Å². The lowest BCUT2D eigenvalue weighted by atomic mass is 10.2. The van der Waals surface area contributed by atoms with Gasteiger partial charge >= 0.3 is 0 Å². The van der Waals surface area contributed by atoms with Gasteiger partial charge in [-0.1, -0.05) is 36.2 Å². The van der Waals surface area contributed by atoms with Crippen LogP contribution >= 0.6 is 23.2 Å². The molecule has 0 bridgehead atoms. The fraction of sp³-hybridized carbons (Fsp3) is 0.368. The number of aryl methyl sites for hydroxylation is 1. The van der Waals surface area contributed by atoms with Gasteiger partial charge in [-0.25, -0.2) is 8.42 Å². The molecule has 146 valence electrons. The molecular weight excluding hydrogens is 407 g/mol. The number of rotatable bonds is 5. The van der Waals surface area contributed by atoms with E-state index in [0.29, 0.717) is 42.0 Å². The maximum Gasteiger partial charge on any atom is 0.246 e. The van der Waals surface area contributed by atoms with Crippen LogP contribution in [0.5, 0.6) is 5.75 Å². The molecule has 1 saturated heterocycles. The third-order valence-electron chi connectivity index (χ3n) is 4.74. The monoisotopic (exact) mass is 428 g/mol. The number of methoxy groups -OCH3 is 1. The summed E-state index contributed by atoms with van der Waals surface area (Å²) >= 11 is 12.3.